The van der Waals surface area contributed by atoms with Crippen LogP contribution in [0, 0.1) is 17.2 Å². The molecule has 0 aromatic heterocycles. The van der Waals surface area contributed by atoms with Gasteiger partial charge in [0.1, 0.15) is 0 Å². The van der Waals surface area contributed by atoms with E-state index < -0.39 is 0 Å². The van der Waals surface area contributed by atoms with Crippen LogP contribution in [-0.4, -0.2) is 6.54 Å². The molecule has 0 fully saturated rings. The van der Waals surface area contributed by atoms with E-state index >= 15 is 0 Å². The second-order valence-electron chi connectivity index (χ2n) is 4.50. The van der Waals surface area contributed by atoms with Gasteiger partial charge in [-0.2, -0.15) is 5.26 Å². The number of nitrogens with one attached hydrogen (secondary N) is 1. The fourth-order valence-electron chi connectivity index (χ4n) is 2.11. The van der Waals surface area contributed by atoms with E-state index in [-0.39, 0.29) is 5.92 Å². The van der Waals surface area contributed by atoms with Gasteiger partial charge in [-0.3, -0.25) is 0 Å². The Hall–Kier alpha value is -1.85. The Morgan fingerprint density at radius 2 is 1.94 bits per heavy atom. The number of nitrogens with zero attached hydrogens (tertiary/aromatic N) is 1. The van der Waals surface area contributed by atoms with E-state index in [1.54, 1.807) is 0 Å². The molecule has 0 aliphatic rings. The quantitative estimate of drug-likeness (QED) is 0.865. The third-order valence-corrected chi connectivity index (χ3v) is 3.26. The first kappa shape index (κ1) is 12.6. The van der Waals surface area contributed by atoms with Crippen LogP contribution in [0.5, 0.6) is 0 Å². The largest absolute Gasteiger partial charge is 0.311 e. The zero-order chi connectivity index (χ0) is 12.8. The van der Waals surface area contributed by atoms with Gasteiger partial charge < -0.3 is 5.32 Å². The molecule has 18 heavy (non-hydrogen) atoms. The summed E-state index contributed by atoms with van der Waals surface area (Å²) < 4.78 is 0. The molecule has 0 spiro atoms. The van der Waals surface area contributed by atoms with Crippen LogP contribution in [0.4, 0.5) is 0 Å². The molecule has 0 aliphatic heterocycles. The molecule has 2 aromatic carbocycles. The summed E-state index contributed by atoms with van der Waals surface area (Å²) in [5.74, 6) is 0.111. The van der Waals surface area contributed by atoms with Gasteiger partial charge >= 0.3 is 0 Å². The fraction of sp³-hybridized carbons (Fsp3) is 0.312. The molecule has 0 saturated carbocycles. The predicted octanol–water partition coefficient (Wildman–Crippen LogP) is 3.48. The Balaban J connectivity index is 2.06. The summed E-state index contributed by atoms with van der Waals surface area (Å²) in [5, 5.41) is 14.8. The summed E-state index contributed by atoms with van der Waals surface area (Å²) >= 11 is 0. The van der Waals surface area contributed by atoms with Crippen molar-refractivity contribution in [3.05, 3.63) is 48.0 Å². The molecule has 2 nitrogen and oxygen atoms in total. The molecule has 1 unspecified atom stereocenters. The van der Waals surface area contributed by atoms with Crippen molar-refractivity contribution < 1.29 is 0 Å². The summed E-state index contributed by atoms with van der Waals surface area (Å²) in [7, 11) is 0. The number of benzene rings is 2. The van der Waals surface area contributed by atoms with Gasteiger partial charge in [-0.05, 0) is 22.8 Å². The zero-order valence-electron chi connectivity index (χ0n) is 10.7. The summed E-state index contributed by atoms with van der Waals surface area (Å²) in [6.07, 6.45) is 0.902. The van der Waals surface area contributed by atoms with Gasteiger partial charge in [0.2, 0.25) is 0 Å². The van der Waals surface area contributed by atoms with Crippen LogP contribution in [0.2, 0.25) is 0 Å². The minimum atomic E-state index is 0.111. The predicted molar refractivity (Wildman–Crippen MR) is 75.0 cm³/mol. The molecule has 2 rings (SSSR count). The zero-order valence-corrected chi connectivity index (χ0v) is 10.7. The van der Waals surface area contributed by atoms with Crippen LogP contribution in [0.1, 0.15) is 18.9 Å². The topological polar surface area (TPSA) is 35.8 Å². The monoisotopic (exact) mass is 238 g/mol. The van der Waals surface area contributed by atoms with Crippen molar-refractivity contribution >= 4 is 10.8 Å². The van der Waals surface area contributed by atoms with Gasteiger partial charge in [0.15, 0.2) is 0 Å². The molecule has 0 saturated heterocycles. The van der Waals surface area contributed by atoms with Gasteiger partial charge in [-0.1, -0.05) is 49.4 Å². The lowest BCUT2D eigenvalue weighted by atomic mass is 10.0. The van der Waals surface area contributed by atoms with E-state index in [1.807, 2.05) is 6.92 Å². The Bertz CT molecular complexity index is 549. The maximum atomic E-state index is 8.90. The summed E-state index contributed by atoms with van der Waals surface area (Å²) in [6, 6.07) is 17.1. The molecule has 0 bridgehead atoms. The number of hydrogen-bond acceptors (Lipinski definition) is 2. The van der Waals surface area contributed by atoms with E-state index in [1.165, 1.54) is 16.3 Å². The average Bonchev–Trinajstić information content (AvgIpc) is 2.44. The van der Waals surface area contributed by atoms with Crippen molar-refractivity contribution in [2.24, 2.45) is 5.92 Å². The maximum absolute atomic E-state index is 8.90. The van der Waals surface area contributed by atoms with Crippen LogP contribution in [-0.2, 0) is 6.54 Å². The Morgan fingerprint density at radius 1 is 1.17 bits per heavy atom. The van der Waals surface area contributed by atoms with Crippen LogP contribution in [0.15, 0.2) is 42.5 Å². The molecular formula is C16H18N2. The van der Waals surface area contributed by atoms with Crippen molar-refractivity contribution in [2.45, 2.75) is 19.9 Å². The van der Waals surface area contributed by atoms with Crippen molar-refractivity contribution in [1.82, 2.24) is 5.32 Å². The summed E-state index contributed by atoms with van der Waals surface area (Å²) in [4.78, 5) is 0. The van der Waals surface area contributed by atoms with E-state index in [2.05, 4.69) is 53.9 Å². The molecule has 2 heteroatoms. The lowest BCUT2D eigenvalue weighted by molar-refractivity contribution is 0.554. The molecule has 0 radical (unpaired) electrons. The van der Waals surface area contributed by atoms with Crippen LogP contribution in [0.3, 0.4) is 0 Å². The lowest BCUT2D eigenvalue weighted by Gasteiger charge is -2.10. The molecular weight excluding hydrogens is 220 g/mol. The fourth-order valence-corrected chi connectivity index (χ4v) is 2.11. The number of nitriles is 1. The Labute approximate surface area is 108 Å². The van der Waals surface area contributed by atoms with Gasteiger partial charge in [0.05, 0.1) is 12.0 Å². The number of fused-ring (bicyclic) bond motifs is 1. The molecule has 1 N–H and O–H groups in total. The smallest absolute Gasteiger partial charge is 0.0669 e. The van der Waals surface area contributed by atoms with Crippen LogP contribution >= 0.6 is 0 Å². The van der Waals surface area contributed by atoms with E-state index in [0.29, 0.717) is 0 Å². The highest BCUT2D eigenvalue weighted by Crippen LogP contribution is 2.18. The second-order valence-corrected chi connectivity index (χ2v) is 4.50. The van der Waals surface area contributed by atoms with Gasteiger partial charge in [-0.15, -0.1) is 0 Å². The third-order valence-electron chi connectivity index (χ3n) is 3.26. The molecule has 0 heterocycles. The number of rotatable bonds is 5. The third kappa shape index (κ3) is 2.88. The van der Waals surface area contributed by atoms with E-state index in [0.717, 1.165) is 19.5 Å². The van der Waals surface area contributed by atoms with Gasteiger partial charge in [-0.25, -0.2) is 0 Å². The minimum Gasteiger partial charge on any atom is -0.311 e. The van der Waals surface area contributed by atoms with Crippen LogP contribution < -0.4 is 5.32 Å². The lowest BCUT2D eigenvalue weighted by Crippen LogP contribution is -2.21. The highest BCUT2D eigenvalue weighted by molar-refractivity contribution is 5.85. The normalized spacial score (nSPS) is 12.2. The van der Waals surface area contributed by atoms with Gasteiger partial charge in [0, 0.05) is 13.1 Å². The maximum Gasteiger partial charge on any atom is 0.0669 e. The second kappa shape index (κ2) is 6.18. The number of hydrogen-bond donors (Lipinski definition) is 1. The van der Waals surface area contributed by atoms with Gasteiger partial charge in [0.25, 0.3) is 0 Å². The van der Waals surface area contributed by atoms with Crippen molar-refractivity contribution in [3.63, 3.8) is 0 Å². The molecule has 0 aliphatic carbocycles. The van der Waals surface area contributed by atoms with E-state index in [4.69, 9.17) is 5.26 Å². The first-order chi connectivity index (χ1) is 8.85. The summed E-state index contributed by atoms with van der Waals surface area (Å²) in [5.41, 5.74) is 1.29. The molecule has 1 atom stereocenters. The minimum absolute atomic E-state index is 0.111. The van der Waals surface area contributed by atoms with Crippen molar-refractivity contribution in [2.75, 3.05) is 6.54 Å². The first-order valence-electron chi connectivity index (χ1n) is 6.42. The SMILES string of the molecule is CCC(C#N)CNCc1cccc2ccccc12. The highest BCUT2D eigenvalue weighted by Gasteiger charge is 2.04. The average molecular weight is 238 g/mol. The van der Waals surface area contributed by atoms with Crippen LogP contribution in [0.25, 0.3) is 10.8 Å². The Morgan fingerprint density at radius 3 is 2.72 bits per heavy atom. The van der Waals surface area contributed by atoms with Crippen molar-refractivity contribution in [3.8, 4) is 6.07 Å². The first-order valence-corrected chi connectivity index (χ1v) is 6.42. The van der Waals surface area contributed by atoms with Crippen molar-refractivity contribution in [1.29, 1.82) is 5.26 Å². The van der Waals surface area contributed by atoms with E-state index in [9.17, 15) is 0 Å². The summed E-state index contributed by atoms with van der Waals surface area (Å²) in [6.45, 7) is 3.63. The molecule has 2 aromatic rings. The standard InChI is InChI=1S/C16H18N2/c1-2-13(10-17)11-18-12-15-8-5-7-14-6-3-4-9-16(14)15/h3-9,13,18H,2,11-12H2,1H3. The molecule has 0 amide bonds. The Kier molecular flexibility index (Phi) is 4.33. The highest BCUT2D eigenvalue weighted by atomic mass is 14.9. The molecule has 92 valence electrons.